The first-order valence-electron chi connectivity index (χ1n) is 18.4. The maximum Gasteiger partial charge on any atom is 0.427 e. The van der Waals surface area contributed by atoms with Gasteiger partial charge >= 0.3 is 12.2 Å². The van der Waals surface area contributed by atoms with E-state index in [0.29, 0.717) is 62.4 Å². The number of aryl methyl sites for hydroxylation is 4. The van der Waals surface area contributed by atoms with E-state index in [2.05, 4.69) is 5.32 Å². The van der Waals surface area contributed by atoms with Gasteiger partial charge in [0.25, 0.3) is 12.3 Å². The first-order chi connectivity index (χ1) is 26.4. The fraction of sp³-hybridized carbons (Fsp3) is 0.381. The number of ether oxygens (including phenoxy) is 3. The van der Waals surface area contributed by atoms with Crippen LogP contribution >= 0.6 is 0 Å². The molecule has 2 atom stereocenters. The fourth-order valence-corrected chi connectivity index (χ4v) is 7.12. The molecule has 1 fully saturated rings. The van der Waals surface area contributed by atoms with Crippen molar-refractivity contribution in [1.82, 2.24) is 10.2 Å². The third kappa shape index (κ3) is 8.26. The smallest absolute Gasteiger partial charge is 0.427 e. The van der Waals surface area contributed by atoms with Crippen LogP contribution in [0.15, 0.2) is 91.0 Å². The number of halogens is 5. The number of benzene rings is 4. The Morgan fingerprint density at radius 3 is 1.95 bits per heavy atom. The number of carbonyl (C=O) groups is 2. The van der Waals surface area contributed by atoms with Gasteiger partial charge in [-0.05, 0) is 103 Å². The fourth-order valence-electron chi connectivity index (χ4n) is 7.12. The van der Waals surface area contributed by atoms with Gasteiger partial charge in [0, 0.05) is 6.54 Å². The Morgan fingerprint density at radius 2 is 1.40 bits per heavy atom. The lowest BCUT2D eigenvalue weighted by Crippen LogP contribution is -2.48. The zero-order valence-electron chi connectivity index (χ0n) is 30.3. The quantitative estimate of drug-likeness (QED) is 0.0681. The van der Waals surface area contributed by atoms with Gasteiger partial charge in [0.1, 0.15) is 24.5 Å². The number of fused-ring (bicyclic) bond motifs is 1. The summed E-state index contributed by atoms with van der Waals surface area (Å²) >= 11 is 0. The number of carbonyl (C=O) groups excluding carboxylic acids is 2. The van der Waals surface area contributed by atoms with Gasteiger partial charge in [-0.3, -0.25) is 9.69 Å². The number of nitrogens with one attached hydrogen (secondary N) is 1. The number of rotatable bonds is 16. The Labute approximate surface area is 316 Å². The molecule has 4 aromatic rings. The predicted octanol–water partition coefficient (Wildman–Crippen LogP) is 8.06. The van der Waals surface area contributed by atoms with Crippen molar-refractivity contribution in [3.8, 4) is 17.2 Å². The number of amides is 3. The van der Waals surface area contributed by atoms with E-state index in [1.54, 1.807) is 25.1 Å². The van der Waals surface area contributed by atoms with E-state index in [0.717, 1.165) is 28.2 Å². The van der Waals surface area contributed by atoms with Gasteiger partial charge in [-0.2, -0.15) is 13.2 Å². The van der Waals surface area contributed by atoms with Gasteiger partial charge in [0.2, 0.25) is 5.60 Å². The van der Waals surface area contributed by atoms with Gasteiger partial charge in [-0.15, -0.1) is 0 Å². The molecule has 0 aliphatic carbocycles. The molecule has 2 heterocycles. The molecule has 8 nitrogen and oxygen atoms in total. The van der Waals surface area contributed by atoms with Crippen molar-refractivity contribution in [2.75, 3.05) is 26.4 Å². The van der Waals surface area contributed by atoms with E-state index in [1.165, 1.54) is 0 Å². The highest BCUT2D eigenvalue weighted by atomic mass is 19.4. The van der Waals surface area contributed by atoms with Gasteiger partial charge in [-0.25, -0.2) is 13.6 Å². The van der Waals surface area contributed by atoms with Crippen LogP contribution in [0.5, 0.6) is 17.2 Å². The monoisotopic (exact) mass is 766 g/mol. The molecule has 6 rings (SSSR count). The van der Waals surface area contributed by atoms with E-state index in [4.69, 9.17) is 14.2 Å². The van der Waals surface area contributed by atoms with Gasteiger partial charge in [0.05, 0.1) is 6.61 Å². The SMILES string of the molecule is CCC1(c2ccc3c(c2)OCCO3)NC(=O)N(CCCCOc2c(CCc3ccccc3)cc(C(O)(C(F)F)C(F)(F)F)cc2CCc2ccccc2)C1=O. The number of alkyl halides is 5. The number of unbranched alkanes of at least 4 members (excludes halogenated alkanes) is 1. The lowest BCUT2D eigenvalue weighted by Gasteiger charge is -2.31. The Balaban J connectivity index is 1.22. The predicted molar refractivity (Wildman–Crippen MR) is 194 cm³/mol. The highest BCUT2D eigenvalue weighted by Gasteiger charge is 2.62. The average molecular weight is 767 g/mol. The van der Waals surface area contributed by atoms with E-state index >= 15 is 0 Å². The first kappa shape index (κ1) is 39.5. The van der Waals surface area contributed by atoms with Crippen LogP contribution in [0.25, 0.3) is 0 Å². The summed E-state index contributed by atoms with van der Waals surface area (Å²) in [5.41, 5.74) is -3.83. The maximum atomic E-state index is 14.2. The number of imide groups is 1. The minimum Gasteiger partial charge on any atom is -0.493 e. The first-order valence-corrected chi connectivity index (χ1v) is 18.4. The molecule has 0 saturated carbocycles. The Morgan fingerprint density at radius 1 is 0.818 bits per heavy atom. The van der Waals surface area contributed by atoms with E-state index in [-0.39, 0.29) is 42.9 Å². The molecule has 1 saturated heterocycles. The van der Waals surface area contributed by atoms with Crippen molar-refractivity contribution >= 4 is 11.9 Å². The van der Waals surface area contributed by atoms with Crippen LogP contribution < -0.4 is 19.5 Å². The second kappa shape index (κ2) is 16.7. The summed E-state index contributed by atoms with van der Waals surface area (Å²) in [7, 11) is 0. The number of hydrogen-bond donors (Lipinski definition) is 2. The summed E-state index contributed by atoms with van der Waals surface area (Å²) in [6.45, 7) is 2.71. The summed E-state index contributed by atoms with van der Waals surface area (Å²) < 4.78 is 88.5. The lowest BCUT2D eigenvalue weighted by molar-refractivity contribution is -0.305. The molecule has 0 bridgehead atoms. The minimum absolute atomic E-state index is 0.0547. The Hall–Kier alpha value is -5.17. The molecule has 2 unspecified atom stereocenters. The second-order valence-electron chi connectivity index (χ2n) is 13.7. The lowest BCUT2D eigenvalue weighted by atomic mass is 9.87. The van der Waals surface area contributed by atoms with Crippen LogP contribution in [0, 0.1) is 0 Å². The van der Waals surface area contributed by atoms with Gasteiger partial charge in [-0.1, -0.05) is 73.7 Å². The molecule has 2 aliphatic rings. The van der Waals surface area contributed by atoms with Crippen molar-refractivity contribution < 1.29 is 50.9 Å². The third-order valence-electron chi connectivity index (χ3n) is 10.2. The van der Waals surface area contributed by atoms with Crippen LogP contribution in [0.1, 0.15) is 59.6 Å². The van der Waals surface area contributed by atoms with Crippen molar-refractivity contribution in [2.24, 2.45) is 0 Å². The van der Waals surface area contributed by atoms with Crippen molar-refractivity contribution in [2.45, 2.75) is 75.6 Å². The zero-order valence-corrected chi connectivity index (χ0v) is 30.3. The molecule has 13 heteroatoms. The van der Waals surface area contributed by atoms with Crippen LogP contribution in [0.2, 0.25) is 0 Å². The van der Waals surface area contributed by atoms with Crippen LogP contribution in [0.4, 0.5) is 26.7 Å². The molecule has 292 valence electrons. The number of urea groups is 1. The summed E-state index contributed by atoms with van der Waals surface area (Å²) in [4.78, 5) is 28.1. The minimum atomic E-state index is -5.66. The van der Waals surface area contributed by atoms with Gasteiger partial charge < -0.3 is 24.6 Å². The summed E-state index contributed by atoms with van der Waals surface area (Å²) in [6.07, 6.45) is -7.80. The number of hydrogen-bond acceptors (Lipinski definition) is 6. The average Bonchev–Trinajstić information content (AvgIpc) is 3.44. The highest BCUT2D eigenvalue weighted by molar-refractivity contribution is 6.07. The molecular weight excluding hydrogens is 723 g/mol. The molecule has 4 aromatic carbocycles. The normalized spacial score (nSPS) is 18.0. The Bertz CT molecular complexity index is 1900. The molecule has 2 N–H and O–H groups in total. The van der Waals surface area contributed by atoms with Crippen LogP contribution in [-0.2, 0) is 41.6 Å². The Kier molecular flexibility index (Phi) is 12.0. The molecular formula is C42H43F5N2O6. The molecule has 2 aliphatic heterocycles. The van der Waals surface area contributed by atoms with Crippen molar-refractivity contribution in [3.63, 3.8) is 0 Å². The van der Waals surface area contributed by atoms with Gasteiger partial charge in [0.15, 0.2) is 11.5 Å². The topological polar surface area (TPSA) is 97.3 Å². The second-order valence-corrected chi connectivity index (χ2v) is 13.7. The standard InChI is InChI=1S/C42H43F5N2O6/c1-2-40(32-19-20-34-35(27-32)54-24-23-53-34)38(50)49(39(51)48-40)21-9-10-22-55-36-30(17-15-28-11-5-3-6-12-28)25-33(41(52,37(43)44)42(45,46)47)26-31(36)18-16-29-13-7-4-8-14-29/h3-8,11-14,19-20,25-27,37,52H,2,9-10,15-18,21-24H2,1H3,(H,48,51). The van der Waals surface area contributed by atoms with Crippen molar-refractivity contribution in [1.29, 1.82) is 0 Å². The maximum absolute atomic E-state index is 14.2. The molecule has 3 amide bonds. The molecule has 0 radical (unpaired) electrons. The number of aliphatic hydroxyl groups is 1. The van der Waals surface area contributed by atoms with Crippen LogP contribution in [-0.4, -0.2) is 60.9 Å². The summed E-state index contributed by atoms with van der Waals surface area (Å²) in [6, 6.07) is 24.9. The van der Waals surface area contributed by atoms with E-state index < -0.39 is 41.2 Å². The summed E-state index contributed by atoms with van der Waals surface area (Å²) in [5, 5.41) is 13.5. The third-order valence-corrected chi connectivity index (χ3v) is 10.2. The van der Waals surface area contributed by atoms with Crippen molar-refractivity contribution in [3.05, 3.63) is 124 Å². The molecule has 0 spiro atoms. The number of nitrogens with zero attached hydrogens (tertiary/aromatic N) is 1. The highest BCUT2D eigenvalue weighted by Crippen LogP contribution is 2.46. The van der Waals surface area contributed by atoms with Crippen LogP contribution in [0.3, 0.4) is 0 Å². The summed E-state index contributed by atoms with van der Waals surface area (Å²) in [5.74, 6) is 0.899. The van der Waals surface area contributed by atoms with E-state index in [1.807, 2.05) is 60.7 Å². The molecule has 55 heavy (non-hydrogen) atoms. The zero-order chi connectivity index (χ0) is 39.2. The molecule has 0 aromatic heterocycles. The largest absolute Gasteiger partial charge is 0.493 e. The van der Waals surface area contributed by atoms with E-state index in [9.17, 15) is 36.6 Å².